The minimum atomic E-state index is -4.72. The Balaban J connectivity index is 0.000000198. The monoisotopic (exact) mass is 1460 g/mol. The van der Waals surface area contributed by atoms with E-state index >= 15 is 0 Å². The van der Waals surface area contributed by atoms with Gasteiger partial charge in [0, 0.05) is 18.5 Å². The van der Waals surface area contributed by atoms with Gasteiger partial charge in [-0.05, 0) is 138 Å². The van der Waals surface area contributed by atoms with Gasteiger partial charge in [0.1, 0.15) is 34.4 Å². The van der Waals surface area contributed by atoms with E-state index in [1.165, 1.54) is 50.2 Å². The summed E-state index contributed by atoms with van der Waals surface area (Å²) >= 11 is 17.8. The van der Waals surface area contributed by atoms with Gasteiger partial charge in [-0.25, -0.2) is 27.2 Å². The third-order valence-corrected chi connectivity index (χ3v) is 17.1. The molecule has 3 N–H and O–H groups in total. The number of hydrogen-bond acceptors (Lipinski definition) is 10. The zero-order valence-electron chi connectivity index (χ0n) is 51.0. The number of nitrogens with zero attached hydrogens (tertiary/aromatic N) is 11. The SMILES string of the molecule is C.CC(C)c1c(N)cnn1-c1ccc(F)cc1.CC(C)c1c(N2C(=O)C(Br)CC2C)cnn1-c1ccc(F)cc1.CC1CC(Br)C(=O)O1.Cc1[nH]nc(C(F)(F)F)c1Cl.Cc1c(Cl)c(C(F)(F)F)nn1C1CC(C)N(c2cnn(-c3ccc(F)cc3)c2C(C)C)C1=O. The number of amides is 2. The molecule has 8 aromatic rings. The minimum Gasteiger partial charge on any atom is -0.462 e. The van der Waals surface area contributed by atoms with Crippen molar-refractivity contribution in [2.45, 2.75) is 167 Å². The molecule has 3 fully saturated rings. The van der Waals surface area contributed by atoms with Gasteiger partial charge >= 0.3 is 18.3 Å². The van der Waals surface area contributed by atoms with Crippen molar-refractivity contribution in [2.75, 3.05) is 15.5 Å². The highest BCUT2D eigenvalue weighted by Crippen LogP contribution is 2.43. The third-order valence-electron chi connectivity index (χ3n) is 14.7. The number of anilines is 3. The fraction of sp³-hybridized carbons (Fsp3) is 0.419. The quantitative estimate of drug-likeness (QED) is 0.0798. The van der Waals surface area contributed by atoms with Crippen molar-refractivity contribution in [3.05, 3.63) is 159 Å². The molecular weight excluding hydrogens is 1390 g/mol. The largest absolute Gasteiger partial charge is 0.462 e. The van der Waals surface area contributed by atoms with Crippen LogP contribution in [0.5, 0.6) is 0 Å². The fourth-order valence-corrected chi connectivity index (χ4v) is 12.3. The highest BCUT2D eigenvalue weighted by Gasteiger charge is 2.46. The second-order valence-corrected chi connectivity index (χ2v) is 25.6. The molecule has 0 aliphatic carbocycles. The van der Waals surface area contributed by atoms with Crippen LogP contribution < -0.4 is 15.5 Å². The molecule has 2 amide bonds. The fourth-order valence-electron chi connectivity index (χ4n) is 10.5. The lowest BCUT2D eigenvalue weighted by molar-refractivity contribution is -0.142. The summed E-state index contributed by atoms with van der Waals surface area (Å²) < 4.78 is 126. The molecule has 3 aromatic carbocycles. The number of nitrogen functional groups attached to an aromatic ring is 1. The van der Waals surface area contributed by atoms with E-state index in [-0.39, 0.29) is 111 Å². The Bertz CT molecular complexity index is 3830. The highest BCUT2D eigenvalue weighted by atomic mass is 79.9. The number of benzene rings is 3. The number of ether oxygens (including phenoxy) is 1. The summed E-state index contributed by atoms with van der Waals surface area (Å²) in [5, 5.41) is 21.0. The summed E-state index contributed by atoms with van der Waals surface area (Å²) in [6, 6.07) is 17.1. The van der Waals surface area contributed by atoms with Crippen molar-refractivity contribution in [1.29, 1.82) is 0 Å². The van der Waals surface area contributed by atoms with E-state index in [2.05, 4.69) is 76.3 Å². The molecule has 8 heterocycles. The number of rotatable bonds is 9. The van der Waals surface area contributed by atoms with Crippen molar-refractivity contribution in [3.8, 4) is 17.1 Å². The zero-order valence-corrected chi connectivity index (χ0v) is 55.7. The Morgan fingerprint density at radius 1 is 0.587 bits per heavy atom. The molecule has 0 saturated carbocycles. The predicted octanol–water partition coefficient (Wildman–Crippen LogP) is 16.5. The summed E-state index contributed by atoms with van der Waals surface area (Å²) in [6.45, 7) is 20.7. The minimum absolute atomic E-state index is 0. The summed E-state index contributed by atoms with van der Waals surface area (Å²) in [5.74, 6) is -0.971. The molecule has 6 unspecified atom stereocenters. The van der Waals surface area contributed by atoms with Crippen LogP contribution in [0, 0.1) is 31.3 Å². The van der Waals surface area contributed by atoms with Crippen molar-refractivity contribution in [3.63, 3.8) is 0 Å². The molecule has 0 bridgehead atoms. The lowest BCUT2D eigenvalue weighted by atomic mass is 10.1. The number of esters is 1. The Kier molecular flexibility index (Phi) is 24.3. The first kappa shape index (κ1) is 73.9. The van der Waals surface area contributed by atoms with Crippen molar-refractivity contribution in [1.82, 2.24) is 49.3 Å². The predicted molar refractivity (Wildman–Crippen MR) is 342 cm³/mol. The molecular formula is C62H70Br2Cl2F9N13O4. The number of cyclic esters (lactones) is 1. The van der Waals surface area contributed by atoms with E-state index in [9.17, 15) is 53.9 Å². The molecule has 6 atom stereocenters. The number of nitrogens with two attached hydrogens (primary N) is 1. The Morgan fingerprint density at radius 2 is 0.989 bits per heavy atom. The Labute approximate surface area is 553 Å². The normalized spacial score (nSPS) is 18.9. The van der Waals surface area contributed by atoms with E-state index in [0.717, 1.165) is 51.7 Å². The molecule has 0 spiro atoms. The first-order chi connectivity index (χ1) is 42.5. The number of carbonyl (C=O) groups is 3. The molecule has 92 heavy (non-hydrogen) atoms. The number of nitrogens with one attached hydrogen (secondary N) is 1. The number of hydrogen-bond donors (Lipinski definition) is 2. The summed E-state index contributed by atoms with van der Waals surface area (Å²) in [5.41, 5.74) is 10.8. The first-order valence-corrected chi connectivity index (χ1v) is 31.1. The molecule has 3 saturated heterocycles. The van der Waals surface area contributed by atoms with Gasteiger partial charge in [0.15, 0.2) is 11.4 Å². The van der Waals surface area contributed by atoms with Crippen LogP contribution in [-0.4, -0.2) is 94.9 Å². The first-order valence-electron chi connectivity index (χ1n) is 28.5. The molecule has 17 nitrogen and oxygen atoms in total. The summed E-state index contributed by atoms with van der Waals surface area (Å²) in [4.78, 5) is 39.6. The summed E-state index contributed by atoms with van der Waals surface area (Å²) in [6.07, 6.45) is -2.34. The number of aromatic amines is 1. The maximum atomic E-state index is 13.5. The lowest BCUT2D eigenvalue weighted by Crippen LogP contribution is -2.33. The maximum absolute atomic E-state index is 13.5. The van der Waals surface area contributed by atoms with Crippen LogP contribution in [0.4, 0.5) is 56.6 Å². The van der Waals surface area contributed by atoms with Crippen LogP contribution in [0.2, 0.25) is 10.0 Å². The van der Waals surface area contributed by atoms with Crippen molar-refractivity contribution >= 4 is 89.9 Å². The van der Waals surface area contributed by atoms with Gasteiger partial charge in [-0.3, -0.25) is 24.2 Å². The maximum Gasteiger partial charge on any atom is 0.436 e. The number of halogens is 13. The average molecular weight is 1460 g/mol. The highest BCUT2D eigenvalue weighted by molar-refractivity contribution is 9.10. The third kappa shape index (κ3) is 16.6. The molecule has 5 aromatic heterocycles. The van der Waals surface area contributed by atoms with Gasteiger partial charge in [-0.2, -0.15) is 51.8 Å². The van der Waals surface area contributed by atoms with Gasteiger partial charge < -0.3 is 20.3 Å². The van der Waals surface area contributed by atoms with E-state index in [0.29, 0.717) is 17.1 Å². The van der Waals surface area contributed by atoms with Gasteiger partial charge in [-0.1, -0.05) is 104 Å². The van der Waals surface area contributed by atoms with Gasteiger partial charge in [0.2, 0.25) is 5.91 Å². The van der Waals surface area contributed by atoms with Gasteiger partial charge in [0.05, 0.1) is 96.1 Å². The standard InChI is InChI=1S/C22H22ClF4N5O.C17H19BrFN3O.C12H14FN3.C5H7BrO2.C5H4ClF3N2.CH4/c1-11(2)19-17(10-28-32(19)15-7-5-14(24)6-8-15)30-12(3)9-16(21(30)33)31-13(4)18(23)20(29-31)22(25,26)27;1-10(2)16-15(21-11(3)8-14(18)17(21)23)9-20-22(16)13-6-4-12(19)5-7-13;1-8(2)12-11(14)7-15-16(12)10-5-3-9(13)4-6-10;1-3-2-4(6)5(7)8-3;1-2-3(6)4(11-10-2)5(7,8)9;/h5-8,10-12,16H,9H2,1-4H3;4-7,9-11,14H,8H2,1-3H3;3-8H,14H2,1-2H3;3-4H,2H2,1H3;1H3,(H,10,11);1H4. The van der Waals surface area contributed by atoms with Crippen LogP contribution in [0.3, 0.4) is 0 Å². The lowest BCUT2D eigenvalue weighted by Gasteiger charge is -2.23. The van der Waals surface area contributed by atoms with Gasteiger partial charge in [-0.15, -0.1) is 0 Å². The second-order valence-electron chi connectivity index (χ2n) is 22.7. The number of aryl methyl sites for hydroxylation is 1. The molecule has 3 aliphatic heterocycles. The average Bonchev–Trinajstić information content (AvgIpc) is 1.61. The van der Waals surface area contributed by atoms with Crippen molar-refractivity contribution in [2.24, 2.45) is 0 Å². The van der Waals surface area contributed by atoms with Crippen LogP contribution >= 0.6 is 55.1 Å². The number of aromatic nitrogens is 10. The molecule has 3 aliphatic rings. The Hall–Kier alpha value is -7.17. The van der Waals surface area contributed by atoms with Crippen molar-refractivity contribution < 1.29 is 58.6 Å². The van der Waals surface area contributed by atoms with E-state index < -0.39 is 34.8 Å². The number of alkyl halides is 8. The van der Waals surface area contributed by atoms with Crippen LogP contribution in [-0.2, 0) is 31.5 Å². The number of H-pyrrole nitrogens is 1. The topological polar surface area (TPSA) is 193 Å². The van der Waals surface area contributed by atoms with Crippen LogP contribution in [0.1, 0.15) is 153 Å². The van der Waals surface area contributed by atoms with Crippen LogP contribution in [0.25, 0.3) is 17.1 Å². The summed E-state index contributed by atoms with van der Waals surface area (Å²) in [7, 11) is 0. The molecule has 0 radical (unpaired) electrons. The van der Waals surface area contributed by atoms with Gasteiger partial charge in [0.25, 0.3) is 5.91 Å². The molecule has 498 valence electrons. The van der Waals surface area contributed by atoms with E-state index in [1.54, 1.807) is 73.9 Å². The molecule has 30 heteroatoms. The second kappa shape index (κ2) is 30.3. The van der Waals surface area contributed by atoms with E-state index in [4.69, 9.17) is 33.7 Å². The zero-order chi connectivity index (χ0) is 67.5. The van der Waals surface area contributed by atoms with E-state index in [1.807, 2.05) is 53.4 Å². The van der Waals surface area contributed by atoms with Crippen LogP contribution in [0.15, 0.2) is 91.4 Å². The number of carbonyl (C=O) groups excluding carboxylic acids is 3. The Morgan fingerprint density at radius 3 is 1.30 bits per heavy atom. The molecule has 11 rings (SSSR count). The smallest absolute Gasteiger partial charge is 0.436 e.